The first-order valence-electron chi connectivity index (χ1n) is 15.0. The lowest BCUT2D eigenvalue weighted by Crippen LogP contribution is -2.01. The fourth-order valence-corrected chi connectivity index (χ4v) is 6.31. The zero-order chi connectivity index (χ0) is 29.7. The second kappa shape index (κ2) is 10.2. The zero-order valence-corrected chi connectivity index (χ0v) is 24.2. The third-order valence-corrected chi connectivity index (χ3v) is 8.50. The highest BCUT2D eigenvalue weighted by Crippen LogP contribution is 2.42. The quantitative estimate of drug-likeness (QED) is 0.209. The fourth-order valence-electron chi connectivity index (χ4n) is 6.31. The number of aromatic nitrogens is 3. The van der Waals surface area contributed by atoms with E-state index >= 15 is 0 Å². The van der Waals surface area contributed by atoms with E-state index in [1.54, 1.807) is 0 Å². The van der Waals surface area contributed by atoms with Gasteiger partial charge in [-0.3, -0.25) is 0 Å². The molecule has 7 aromatic carbocycles. The second-order valence-corrected chi connectivity index (χ2v) is 11.3. The van der Waals surface area contributed by atoms with Crippen LogP contribution in [0, 0.1) is 0 Å². The van der Waals surface area contributed by atoms with Crippen molar-refractivity contribution >= 4 is 43.5 Å². The van der Waals surface area contributed by atoms with Crippen molar-refractivity contribution in [2.24, 2.45) is 0 Å². The first kappa shape index (κ1) is 25.4. The lowest BCUT2D eigenvalue weighted by Gasteiger charge is -2.14. The molecule has 0 fully saturated rings. The normalized spacial score (nSPS) is 11.6. The van der Waals surface area contributed by atoms with E-state index in [4.69, 9.17) is 19.4 Å². The molecule has 0 saturated heterocycles. The summed E-state index contributed by atoms with van der Waals surface area (Å²) < 4.78 is 6.36. The molecule has 0 unspecified atom stereocenters. The monoisotopic (exact) mass is 575 g/mol. The van der Waals surface area contributed by atoms with E-state index < -0.39 is 0 Å². The maximum atomic E-state index is 6.36. The van der Waals surface area contributed by atoms with Crippen LogP contribution >= 0.6 is 0 Å². The molecule has 0 spiro atoms. The summed E-state index contributed by atoms with van der Waals surface area (Å²) in [7, 11) is 0. The van der Waals surface area contributed by atoms with E-state index in [2.05, 4.69) is 127 Å². The molecule has 4 nitrogen and oxygen atoms in total. The number of hydrogen-bond acceptors (Lipinski definition) is 4. The molecule has 0 aliphatic carbocycles. The molecule has 0 atom stereocenters. The Bertz CT molecular complexity index is 2450. The summed E-state index contributed by atoms with van der Waals surface area (Å²) in [5.41, 5.74) is 6.54. The summed E-state index contributed by atoms with van der Waals surface area (Å²) in [6.45, 7) is 0. The Morgan fingerprint density at radius 3 is 1.60 bits per heavy atom. The minimum Gasteiger partial charge on any atom is -0.456 e. The smallest absolute Gasteiger partial charge is 0.165 e. The van der Waals surface area contributed by atoms with Crippen LogP contribution in [0.4, 0.5) is 0 Å². The maximum Gasteiger partial charge on any atom is 0.165 e. The van der Waals surface area contributed by atoms with Crippen molar-refractivity contribution in [2.75, 3.05) is 0 Å². The predicted octanol–water partition coefficient (Wildman–Crippen LogP) is 10.7. The van der Waals surface area contributed by atoms with Crippen molar-refractivity contribution in [3.05, 3.63) is 152 Å². The summed E-state index contributed by atoms with van der Waals surface area (Å²) in [4.78, 5) is 15.6. The van der Waals surface area contributed by atoms with Crippen LogP contribution in [-0.2, 0) is 0 Å². The van der Waals surface area contributed by atoms with Gasteiger partial charge in [0, 0.05) is 27.5 Å². The summed E-state index contributed by atoms with van der Waals surface area (Å²) in [6, 6.07) is 52.2. The van der Waals surface area contributed by atoms with Gasteiger partial charge in [0.2, 0.25) is 0 Å². The van der Waals surface area contributed by atoms with Gasteiger partial charge in [0.15, 0.2) is 17.5 Å². The number of benzene rings is 7. The molecule has 9 rings (SSSR count). The number of nitrogens with zero attached hydrogens (tertiary/aromatic N) is 3. The SMILES string of the molecule is c1ccc(-c2ccc3oc4ccccc4c3c2-c2nc(-c3ccc4ccccc4c3)nc(-c3ccc4ccccc4c3)n2)cc1. The number of fused-ring (bicyclic) bond motifs is 5. The van der Waals surface area contributed by atoms with Crippen LogP contribution < -0.4 is 0 Å². The first-order chi connectivity index (χ1) is 22.3. The standard InChI is InChI=1S/C41H25N3O/c1-2-12-28(13-3-1)33-22-23-36-37(34-16-8-9-17-35(34)45-36)38(33)41-43-39(31-20-18-26-10-4-6-14-29(26)24-31)42-40(44-41)32-21-19-27-11-5-7-15-30(27)25-32/h1-25H. The molecular weight excluding hydrogens is 550 g/mol. The molecule has 2 aromatic heterocycles. The minimum atomic E-state index is 0.604. The van der Waals surface area contributed by atoms with Gasteiger partial charge in [0.25, 0.3) is 0 Å². The average Bonchev–Trinajstić information content (AvgIpc) is 3.50. The topological polar surface area (TPSA) is 51.8 Å². The van der Waals surface area contributed by atoms with Gasteiger partial charge in [0.05, 0.1) is 0 Å². The molecule has 0 aliphatic heterocycles. The van der Waals surface area contributed by atoms with Gasteiger partial charge in [-0.1, -0.05) is 121 Å². The van der Waals surface area contributed by atoms with Gasteiger partial charge in [0.1, 0.15) is 11.2 Å². The summed E-state index contributed by atoms with van der Waals surface area (Å²) in [6.07, 6.45) is 0. The Balaban J connectivity index is 1.37. The molecule has 210 valence electrons. The third kappa shape index (κ3) is 4.35. The van der Waals surface area contributed by atoms with Crippen LogP contribution in [0.5, 0.6) is 0 Å². The highest BCUT2D eigenvalue weighted by atomic mass is 16.3. The Hall–Kier alpha value is -6.13. The molecular formula is C41H25N3O. The van der Waals surface area contributed by atoms with Crippen LogP contribution in [0.1, 0.15) is 0 Å². The molecule has 0 radical (unpaired) electrons. The van der Waals surface area contributed by atoms with Crippen molar-refractivity contribution < 1.29 is 4.42 Å². The number of para-hydroxylation sites is 1. The van der Waals surface area contributed by atoms with E-state index in [0.29, 0.717) is 17.5 Å². The Morgan fingerprint density at radius 2 is 0.933 bits per heavy atom. The van der Waals surface area contributed by atoms with Crippen LogP contribution in [0.25, 0.3) is 88.8 Å². The van der Waals surface area contributed by atoms with Gasteiger partial charge in [-0.25, -0.2) is 15.0 Å². The van der Waals surface area contributed by atoms with E-state index in [1.807, 2.05) is 24.3 Å². The molecule has 45 heavy (non-hydrogen) atoms. The minimum absolute atomic E-state index is 0.604. The van der Waals surface area contributed by atoms with Gasteiger partial charge >= 0.3 is 0 Å². The Labute approximate surface area is 259 Å². The van der Waals surface area contributed by atoms with Crippen LogP contribution in [0.15, 0.2) is 156 Å². The van der Waals surface area contributed by atoms with E-state index in [9.17, 15) is 0 Å². The molecule has 4 heteroatoms. The second-order valence-electron chi connectivity index (χ2n) is 11.3. The van der Waals surface area contributed by atoms with Gasteiger partial charge < -0.3 is 4.42 Å². The summed E-state index contributed by atoms with van der Waals surface area (Å²) in [5.74, 6) is 1.85. The highest BCUT2D eigenvalue weighted by molar-refractivity contribution is 6.15. The van der Waals surface area contributed by atoms with E-state index in [1.165, 1.54) is 10.8 Å². The fraction of sp³-hybridized carbons (Fsp3) is 0. The molecule has 0 aliphatic rings. The molecule has 0 bridgehead atoms. The molecule has 2 heterocycles. The van der Waals surface area contributed by atoms with E-state index in [0.717, 1.165) is 60.5 Å². The number of rotatable bonds is 4. The van der Waals surface area contributed by atoms with Gasteiger partial charge in [-0.05, 0) is 63.0 Å². The van der Waals surface area contributed by atoms with E-state index in [-0.39, 0.29) is 0 Å². The summed E-state index contributed by atoms with van der Waals surface area (Å²) >= 11 is 0. The average molecular weight is 576 g/mol. The Kier molecular flexibility index (Phi) is 5.78. The summed E-state index contributed by atoms with van der Waals surface area (Å²) in [5, 5.41) is 6.64. The lowest BCUT2D eigenvalue weighted by molar-refractivity contribution is 0.669. The number of hydrogen-bond donors (Lipinski definition) is 0. The molecule has 0 amide bonds. The van der Waals surface area contributed by atoms with Gasteiger partial charge in [-0.2, -0.15) is 0 Å². The van der Waals surface area contributed by atoms with Crippen molar-refractivity contribution in [3.63, 3.8) is 0 Å². The lowest BCUT2D eigenvalue weighted by atomic mass is 9.94. The first-order valence-corrected chi connectivity index (χ1v) is 15.0. The van der Waals surface area contributed by atoms with Crippen LogP contribution in [0.2, 0.25) is 0 Å². The van der Waals surface area contributed by atoms with Crippen molar-refractivity contribution in [1.29, 1.82) is 0 Å². The largest absolute Gasteiger partial charge is 0.456 e. The van der Waals surface area contributed by atoms with Crippen LogP contribution in [-0.4, -0.2) is 15.0 Å². The predicted molar refractivity (Wildman–Crippen MR) is 184 cm³/mol. The maximum absolute atomic E-state index is 6.36. The third-order valence-electron chi connectivity index (χ3n) is 8.50. The van der Waals surface area contributed by atoms with Crippen molar-refractivity contribution in [3.8, 4) is 45.3 Å². The van der Waals surface area contributed by atoms with Gasteiger partial charge in [-0.15, -0.1) is 0 Å². The molecule has 0 N–H and O–H groups in total. The highest BCUT2D eigenvalue weighted by Gasteiger charge is 2.22. The van der Waals surface area contributed by atoms with Crippen LogP contribution in [0.3, 0.4) is 0 Å². The van der Waals surface area contributed by atoms with Crippen molar-refractivity contribution in [2.45, 2.75) is 0 Å². The number of furan rings is 1. The molecule has 9 aromatic rings. The Morgan fingerprint density at radius 1 is 0.378 bits per heavy atom. The van der Waals surface area contributed by atoms with Crippen molar-refractivity contribution in [1.82, 2.24) is 15.0 Å². The zero-order valence-electron chi connectivity index (χ0n) is 24.2. The molecule has 0 saturated carbocycles.